The SMILES string of the molecule is CC(C)C(CC(C)(C)C)c1ccc(NO)cc1. The highest BCUT2D eigenvalue weighted by Crippen LogP contribution is 2.36. The van der Waals surface area contributed by atoms with Crippen molar-refractivity contribution in [2.75, 3.05) is 5.48 Å². The van der Waals surface area contributed by atoms with Gasteiger partial charge in [-0.1, -0.05) is 46.8 Å². The molecule has 0 aromatic heterocycles. The van der Waals surface area contributed by atoms with E-state index in [0.29, 0.717) is 17.3 Å². The first-order valence-corrected chi connectivity index (χ1v) is 6.33. The number of benzene rings is 1. The molecular weight excluding hydrogens is 210 g/mol. The van der Waals surface area contributed by atoms with Crippen LogP contribution in [-0.4, -0.2) is 5.21 Å². The zero-order valence-corrected chi connectivity index (χ0v) is 11.6. The number of anilines is 1. The van der Waals surface area contributed by atoms with Gasteiger partial charge in [0.25, 0.3) is 0 Å². The highest BCUT2D eigenvalue weighted by Gasteiger charge is 2.22. The van der Waals surface area contributed by atoms with E-state index in [1.807, 2.05) is 12.1 Å². The Morgan fingerprint density at radius 1 is 1.12 bits per heavy atom. The second-order valence-electron chi connectivity index (χ2n) is 6.35. The minimum atomic E-state index is 0.336. The normalized spacial score (nSPS) is 13.8. The maximum absolute atomic E-state index is 8.81. The molecule has 1 aromatic rings. The van der Waals surface area contributed by atoms with Crippen LogP contribution in [0.2, 0.25) is 0 Å². The lowest BCUT2D eigenvalue weighted by Gasteiger charge is -2.29. The summed E-state index contributed by atoms with van der Waals surface area (Å²) in [4.78, 5) is 0. The van der Waals surface area contributed by atoms with Crippen molar-refractivity contribution in [3.05, 3.63) is 29.8 Å². The van der Waals surface area contributed by atoms with E-state index < -0.39 is 0 Å². The third-order valence-corrected chi connectivity index (χ3v) is 3.10. The van der Waals surface area contributed by atoms with E-state index in [0.717, 1.165) is 5.69 Å². The Balaban J connectivity index is 2.89. The monoisotopic (exact) mass is 235 g/mol. The van der Waals surface area contributed by atoms with Gasteiger partial charge in [-0.25, -0.2) is 0 Å². The molecule has 0 saturated heterocycles. The number of rotatable bonds is 4. The summed E-state index contributed by atoms with van der Waals surface area (Å²) in [6.45, 7) is 11.4. The molecule has 0 bridgehead atoms. The number of hydrogen-bond donors (Lipinski definition) is 2. The molecule has 2 N–H and O–H groups in total. The first kappa shape index (κ1) is 14.0. The number of hydrogen-bond acceptors (Lipinski definition) is 2. The van der Waals surface area contributed by atoms with Crippen LogP contribution in [0.25, 0.3) is 0 Å². The molecule has 0 aliphatic rings. The molecule has 96 valence electrons. The van der Waals surface area contributed by atoms with E-state index >= 15 is 0 Å². The molecule has 2 nitrogen and oxygen atoms in total. The maximum Gasteiger partial charge on any atom is 0.0602 e. The van der Waals surface area contributed by atoms with Gasteiger partial charge in [0.1, 0.15) is 0 Å². The first-order chi connectivity index (χ1) is 7.83. The van der Waals surface area contributed by atoms with Crippen LogP contribution in [0.1, 0.15) is 52.5 Å². The molecule has 0 amide bonds. The van der Waals surface area contributed by atoms with Crippen LogP contribution in [0.5, 0.6) is 0 Å². The van der Waals surface area contributed by atoms with Crippen LogP contribution in [0, 0.1) is 11.3 Å². The van der Waals surface area contributed by atoms with Crippen molar-refractivity contribution >= 4 is 5.69 Å². The topological polar surface area (TPSA) is 32.3 Å². The molecule has 0 aliphatic heterocycles. The molecule has 0 heterocycles. The first-order valence-electron chi connectivity index (χ1n) is 6.33. The quantitative estimate of drug-likeness (QED) is 0.744. The van der Waals surface area contributed by atoms with Crippen molar-refractivity contribution in [1.29, 1.82) is 0 Å². The lowest BCUT2D eigenvalue weighted by atomic mass is 9.76. The smallest absolute Gasteiger partial charge is 0.0602 e. The van der Waals surface area contributed by atoms with Crippen molar-refractivity contribution < 1.29 is 5.21 Å². The third-order valence-electron chi connectivity index (χ3n) is 3.10. The molecule has 0 saturated carbocycles. The molecule has 17 heavy (non-hydrogen) atoms. The average Bonchev–Trinajstić information content (AvgIpc) is 2.25. The minimum absolute atomic E-state index is 0.336. The lowest BCUT2D eigenvalue weighted by molar-refractivity contribution is 0.301. The van der Waals surface area contributed by atoms with Gasteiger partial charge in [-0.3, -0.25) is 10.7 Å². The predicted octanol–water partition coefficient (Wildman–Crippen LogP) is 4.66. The molecule has 1 aromatic carbocycles. The third kappa shape index (κ3) is 4.39. The van der Waals surface area contributed by atoms with Crippen molar-refractivity contribution in [2.24, 2.45) is 11.3 Å². The van der Waals surface area contributed by atoms with Crippen LogP contribution < -0.4 is 5.48 Å². The Hall–Kier alpha value is -1.02. The Labute approximate surface area is 105 Å². The molecule has 0 radical (unpaired) electrons. The molecule has 0 spiro atoms. The summed E-state index contributed by atoms with van der Waals surface area (Å²) in [6, 6.07) is 8.06. The Morgan fingerprint density at radius 2 is 1.65 bits per heavy atom. The highest BCUT2D eigenvalue weighted by atomic mass is 16.5. The summed E-state index contributed by atoms with van der Waals surface area (Å²) in [5.41, 5.74) is 4.60. The van der Waals surface area contributed by atoms with Crippen molar-refractivity contribution in [3.8, 4) is 0 Å². The van der Waals surface area contributed by atoms with Crippen LogP contribution in [0.4, 0.5) is 5.69 Å². The van der Waals surface area contributed by atoms with Gasteiger partial charge in [-0.2, -0.15) is 0 Å². The van der Waals surface area contributed by atoms with Gasteiger partial charge in [0.15, 0.2) is 0 Å². The van der Waals surface area contributed by atoms with Gasteiger partial charge in [0.2, 0.25) is 0 Å². The van der Waals surface area contributed by atoms with E-state index in [-0.39, 0.29) is 0 Å². The standard InChI is InChI=1S/C15H25NO/c1-11(2)14(10-15(3,4)5)12-6-8-13(16-17)9-7-12/h6-9,11,14,16-17H,10H2,1-5H3. The zero-order chi connectivity index (χ0) is 13.1. The van der Waals surface area contributed by atoms with Crippen LogP contribution in [0.15, 0.2) is 24.3 Å². The summed E-state index contributed by atoms with van der Waals surface area (Å²) in [5, 5.41) is 8.81. The van der Waals surface area contributed by atoms with Crippen molar-refractivity contribution in [1.82, 2.24) is 0 Å². The van der Waals surface area contributed by atoms with Gasteiger partial charge in [-0.05, 0) is 41.4 Å². The van der Waals surface area contributed by atoms with Crippen molar-refractivity contribution in [3.63, 3.8) is 0 Å². The Kier molecular flexibility index (Phi) is 4.58. The fourth-order valence-electron chi connectivity index (χ4n) is 2.20. The zero-order valence-electron chi connectivity index (χ0n) is 11.6. The number of nitrogens with one attached hydrogen (secondary N) is 1. The maximum atomic E-state index is 8.81. The molecule has 0 fully saturated rings. The summed E-state index contributed by atoms with van der Waals surface area (Å²) in [5.74, 6) is 1.20. The van der Waals surface area contributed by atoms with Crippen molar-refractivity contribution in [2.45, 2.75) is 47.0 Å². The Morgan fingerprint density at radius 3 is 2.00 bits per heavy atom. The van der Waals surface area contributed by atoms with Gasteiger partial charge in [-0.15, -0.1) is 0 Å². The molecule has 2 heteroatoms. The van der Waals surface area contributed by atoms with Gasteiger partial charge < -0.3 is 0 Å². The summed E-state index contributed by atoms with van der Waals surface area (Å²) >= 11 is 0. The summed E-state index contributed by atoms with van der Waals surface area (Å²) in [7, 11) is 0. The molecular formula is C15H25NO. The van der Waals surface area contributed by atoms with Gasteiger partial charge in [0.05, 0.1) is 5.69 Å². The molecule has 0 aliphatic carbocycles. The van der Waals surface area contributed by atoms with Crippen LogP contribution in [0.3, 0.4) is 0 Å². The fraction of sp³-hybridized carbons (Fsp3) is 0.600. The van der Waals surface area contributed by atoms with Gasteiger partial charge >= 0.3 is 0 Å². The van der Waals surface area contributed by atoms with Crippen LogP contribution >= 0.6 is 0 Å². The highest BCUT2D eigenvalue weighted by molar-refractivity contribution is 5.43. The largest absolute Gasteiger partial charge is 0.291 e. The molecule has 1 unspecified atom stereocenters. The molecule has 1 atom stereocenters. The second-order valence-corrected chi connectivity index (χ2v) is 6.35. The van der Waals surface area contributed by atoms with E-state index in [4.69, 9.17) is 5.21 Å². The summed E-state index contributed by atoms with van der Waals surface area (Å²) < 4.78 is 0. The summed E-state index contributed by atoms with van der Waals surface area (Å²) in [6.07, 6.45) is 1.18. The van der Waals surface area contributed by atoms with E-state index in [1.165, 1.54) is 12.0 Å². The van der Waals surface area contributed by atoms with E-state index in [9.17, 15) is 0 Å². The Bertz CT molecular complexity index is 335. The second kappa shape index (κ2) is 5.54. The fourth-order valence-corrected chi connectivity index (χ4v) is 2.20. The van der Waals surface area contributed by atoms with E-state index in [2.05, 4.69) is 52.2 Å². The predicted molar refractivity (Wildman–Crippen MR) is 73.5 cm³/mol. The minimum Gasteiger partial charge on any atom is -0.291 e. The average molecular weight is 235 g/mol. The van der Waals surface area contributed by atoms with Crippen LogP contribution in [-0.2, 0) is 0 Å². The van der Waals surface area contributed by atoms with E-state index in [1.54, 1.807) is 0 Å². The lowest BCUT2D eigenvalue weighted by Crippen LogP contribution is -2.16. The van der Waals surface area contributed by atoms with Gasteiger partial charge in [0, 0.05) is 0 Å². The molecule has 1 rings (SSSR count).